The van der Waals surface area contributed by atoms with Gasteiger partial charge in [-0.3, -0.25) is 0 Å². The topological polar surface area (TPSA) is 85.2 Å². The minimum absolute atomic E-state index is 0.268. The van der Waals surface area contributed by atoms with Crippen molar-refractivity contribution in [3.63, 3.8) is 0 Å². The maximum absolute atomic E-state index is 10.4. The molecule has 0 aliphatic rings. The zero-order valence-corrected chi connectivity index (χ0v) is 10.6. The monoisotopic (exact) mass is 267 g/mol. The van der Waals surface area contributed by atoms with E-state index in [1.165, 1.54) is 0 Å². The fourth-order valence-corrected chi connectivity index (χ4v) is 1.73. The molecule has 100 valence electrons. The van der Waals surface area contributed by atoms with Gasteiger partial charge < -0.3 is 15.7 Å². The van der Waals surface area contributed by atoms with Gasteiger partial charge in [0.2, 0.25) is 0 Å². The van der Waals surface area contributed by atoms with Crippen LogP contribution >= 0.6 is 0 Å². The third kappa shape index (κ3) is 3.50. The summed E-state index contributed by atoms with van der Waals surface area (Å²) in [6, 6.07) is 16.7. The van der Waals surface area contributed by atoms with Gasteiger partial charge in [-0.1, -0.05) is 24.3 Å². The number of rotatable bonds is 4. The maximum atomic E-state index is 10.4. The van der Waals surface area contributed by atoms with E-state index in [1.807, 2.05) is 42.5 Å². The standard InChI is InChI=1S/C15H13N3O2/c16-9-12-3-1-2-4-14(12)18-13-7-5-11(6-8-13)10-17-15(19)20/h1-8,17-18H,10H2,(H,19,20). The lowest BCUT2D eigenvalue weighted by atomic mass is 10.1. The number of hydrogen-bond donors (Lipinski definition) is 3. The molecule has 0 unspecified atom stereocenters. The van der Waals surface area contributed by atoms with Crippen LogP contribution in [-0.4, -0.2) is 11.2 Å². The van der Waals surface area contributed by atoms with E-state index in [4.69, 9.17) is 10.4 Å². The van der Waals surface area contributed by atoms with Crippen molar-refractivity contribution < 1.29 is 9.90 Å². The molecule has 3 N–H and O–H groups in total. The zero-order valence-electron chi connectivity index (χ0n) is 10.6. The Hall–Kier alpha value is -3.00. The number of nitrogens with zero attached hydrogens (tertiary/aromatic N) is 1. The Morgan fingerprint density at radius 1 is 1.15 bits per heavy atom. The fourth-order valence-electron chi connectivity index (χ4n) is 1.73. The first kappa shape index (κ1) is 13.4. The second-order valence-corrected chi connectivity index (χ2v) is 4.14. The molecule has 0 fully saturated rings. The van der Waals surface area contributed by atoms with Crippen LogP contribution in [0.4, 0.5) is 16.2 Å². The molecule has 2 rings (SSSR count). The van der Waals surface area contributed by atoms with E-state index in [2.05, 4.69) is 16.7 Å². The predicted molar refractivity (Wildman–Crippen MR) is 75.7 cm³/mol. The van der Waals surface area contributed by atoms with Gasteiger partial charge in [0.1, 0.15) is 6.07 Å². The fraction of sp³-hybridized carbons (Fsp3) is 0.0667. The Balaban J connectivity index is 2.07. The molecule has 1 amide bonds. The number of amides is 1. The Morgan fingerprint density at radius 3 is 2.50 bits per heavy atom. The lowest BCUT2D eigenvalue weighted by molar-refractivity contribution is 0.194. The lowest BCUT2D eigenvalue weighted by Crippen LogP contribution is -2.19. The van der Waals surface area contributed by atoms with Crippen LogP contribution in [0.2, 0.25) is 0 Å². The summed E-state index contributed by atoms with van der Waals surface area (Å²) in [5, 5.41) is 23.0. The average Bonchev–Trinajstić information content (AvgIpc) is 2.47. The number of nitriles is 1. The van der Waals surface area contributed by atoms with Gasteiger partial charge in [0, 0.05) is 12.2 Å². The van der Waals surface area contributed by atoms with Crippen LogP contribution in [-0.2, 0) is 6.54 Å². The van der Waals surface area contributed by atoms with Gasteiger partial charge in [0.25, 0.3) is 0 Å². The minimum Gasteiger partial charge on any atom is -0.465 e. The molecule has 0 heterocycles. The minimum atomic E-state index is -1.05. The first-order valence-corrected chi connectivity index (χ1v) is 6.01. The summed E-state index contributed by atoms with van der Waals surface area (Å²) in [7, 11) is 0. The Bertz CT molecular complexity index is 645. The van der Waals surface area contributed by atoms with Crippen LogP contribution in [0, 0.1) is 11.3 Å². The highest BCUT2D eigenvalue weighted by molar-refractivity contribution is 5.67. The van der Waals surface area contributed by atoms with E-state index >= 15 is 0 Å². The Kier molecular flexibility index (Phi) is 4.20. The van der Waals surface area contributed by atoms with Crippen LogP contribution in [0.5, 0.6) is 0 Å². The van der Waals surface area contributed by atoms with Crippen molar-refractivity contribution in [2.45, 2.75) is 6.54 Å². The molecular formula is C15H13N3O2. The van der Waals surface area contributed by atoms with Crippen molar-refractivity contribution >= 4 is 17.5 Å². The number of nitrogens with one attached hydrogen (secondary N) is 2. The third-order valence-corrected chi connectivity index (χ3v) is 2.72. The van der Waals surface area contributed by atoms with Crippen molar-refractivity contribution in [1.29, 1.82) is 5.26 Å². The highest BCUT2D eigenvalue weighted by Crippen LogP contribution is 2.20. The number of benzene rings is 2. The van der Waals surface area contributed by atoms with Gasteiger partial charge in [-0.25, -0.2) is 4.79 Å². The first-order chi connectivity index (χ1) is 9.69. The first-order valence-electron chi connectivity index (χ1n) is 6.01. The van der Waals surface area contributed by atoms with Crippen LogP contribution in [0.25, 0.3) is 0 Å². The summed E-state index contributed by atoms with van der Waals surface area (Å²) in [4.78, 5) is 10.4. The molecule has 0 aliphatic heterocycles. The molecule has 0 atom stereocenters. The summed E-state index contributed by atoms with van der Waals surface area (Å²) in [6.45, 7) is 0.268. The summed E-state index contributed by atoms with van der Waals surface area (Å²) in [6.07, 6.45) is -1.05. The number of carbonyl (C=O) groups is 1. The van der Waals surface area contributed by atoms with Crippen LogP contribution in [0.3, 0.4) is 0 Å². The molecule has 0 aliphatic carbocycles. The van der Waals surface area contributed by atoms with Crippen LogP contribution < -0.4 is 10.6 Å². The molecule has 0 spiro atoms. The van der Waals surface area contributed by atoms with Crippen molar-refractivity contribution in [3.05, 3.63) is 59.7 Å². The van der Waals surface area contributed by atoms with E-state index in [0.717, 1.165) is 16.9 Å². The molecular weight excluding hydrogens is 254 g/mol. The van der Waals surface area contributed by atoms with Gasteiger partial charge in [-0.2, -0.15) is 5.26 Å². The van der Waals surface area contributed by atoms with Gasteiger partial charge in [0.05, 0.1) is 11.3 Å². The molecule has 0 radical (unpaired) electrons. The van der Waals surface area contributed by atoms with E-state index in [1.54, 1.807) is 6.07 Å². The molecule has 20 heavy (non-hydrogen) atoms. The summed E-state index contributed by atoms with van der Waals surface area (Å²) in [5.41, 5.74) is 3.02. The summed E-state index contributed by atoms with van der Waals surface area (Å²) < 4.78 is 0. The van der Waals surface area contributed by atoms with Crippen molar-refractivity contribution in [1.82, 2.24) is 5.32 Å². The quantitative estimate of drug-likeness (QED) is 0.794. The van der Waals surface area contributed by atoms with Crippen molar-refractivity contribution in [2.75, 3.05) is 5.32 Å². The predicted octanol–water partition coefficient (Wildman–Crippen LogP) is 3.07. The summed E-state index contributed by atoms with van der Waals surface area (Å²) >= 11 is 0. The maximum Gasteiger partial charge on any atom is 0.404 e. The van der Waals surface area contributed by atoms with Gasteiger partial charge >= 0.3 is 6.09 Å². The van der Waals surface area contributed by atoms with E-state index in [-0.39, 0.29) is 6.54 Å². The Labute approximate surface area is 116 Å². The van der Waals surface area contributed by atoms with Crippen LogP contribution in [0.15, 0.2) is 48.5 Å². The SMILES string of the molecule is N#Cc1ccccc1Nc1ccc(CNC(=O)O)cc1. The lowest BCUT2D eigenvalue weighted by Gasteiger charge is -2.09. The van der Waals surface area contributed by atoms with E-state index in [9.17, 15) is 4.79 Å². The summed E-state index contributed by atoms with van der Waals surface area (Å²) in [5.74, 6) is 0. The smallest absolute Gasteiger partial charge is 0.404 e. The number of anilines is 2. The van der Waals surface area contributed by atoms with E-state index < -0.39 is 6.09 Å². The van der Waals surface area contributed by atoms with Crippen molar-refractivity contribution in [3.8, 4) is 6.07 Å². The normalized spacial score (nSPS) is 9.55. The molecule has 0 aromatic heterocycles. The highest BCUT2D eigenvalue weighted by atomic mass is 16.4. The zero-order chi connectivity index (χ0) is 14.4. The van der Waals surface area contributed by atoms with Crippen molar-refractivity contribution in [2.24, 2.45) is 0 Å². The average molecular weight is 267 g/mol. The second-order valence-electron chi connectivity index (χ2n) is 4.14. The number of hydrogen-bond acceptors (Lipinski definition) is 3. The largest absolute Gasteiger partial charge is 0.465 e. The third-order valence-electron chi connectivity index (χ3n) is 2.72. The van der Waals surface area contributed by atoms with Gasteiger partial charge in [0.15, 0.2) is 0 Å². The molecule has 5 heteroatoms. The van der Waals surface area contributed by atoms with Gasteiger partial charge in [-0.15, -0.1) is 0 Å². The second kappa shape index (κ2) is 6.25. The molecule has 0 saturated carbocycles. The highest BCUT2D eigenvalue weighted by Gasteiger charge is 2.01. The number of carboxylic acid groups (broad SMARTS) is 1. The molecule has 0 saturated heterocycles. The van der Waals surface area contributed by atoms with Crippen LogP contribution in [0.1, 0.15) is 11.1 Å². The molecule has 2 aromatic rings. The number of para-hydroxylation sites is 1. The van der Waals surface area contributed by atoms with Gasteiger partial charge in [-0.05, 0) is 29.8 Å². The molecule has 2 aromatic carbocycles. The Morgan fingerprint density at radius 2 is 1.85 bits per heavy atom. The molecule has 5 nitrogen and oxygen atoms in total. The van der Waals surface area contributed by atoms with E-state index in [0.29, 0.717) is 5.56 Å². The molecule has 0 bridgehead atoms.